The van der Waals surface area contributed by atoms with Gasteiger partial charge in [-0.2, -0.15) is 0 Å². The Morgan fingerprint density at radius 1 is 0.372 bits per heavy atom. The van der Waals surface area contributed by atoms with Gasteiger partial charge in [0, 0.05) is 21.7 Å². The standard InChI is InChI=1S/C38H30O2P2S/c1-41(29-17-7-3-8-18-29,30-19-9-4-10-20-30)35-27-15-25-33-34-26-16-28-36(38(34)43(39,40)37(33)35)42(2,31-21-11-5-12-22-31)32-23-13-6-14-24-32/h3-28H,1-2H2. The van der Waals surface area contributed by atoms with Gasteiger partial charge in [0.2, 0.25) is 9.84 Å². The molecule has 0 aromatic heterocycles. The summed E-state index contributed by atoms with van der Waals surface area (Å²) >= 11 is 0. The fourth-order valence-electron chi connectivity index (χ4n) is 6.33. The third-order valence-electron chi connectivity index (χ3n) is 8.43. The lowest BCUT2D eigenvalue weighted by atomic mass is 10.1. The highest BCUT2D eigenvalue weighted by Gasteiger charge is 2.42. The maximum Gasteiger partial charge on any atom is 0.209 e. The van der Waals surface area contributed by atoms with Crippen molar-refractivity contribution in [2.45, 2.75) is 9.79 Å². The van der Waals surface area contributed by atoms with Crippen molar-refractivity contribution < 1.29 is 8.42 Å². The highest BCUT2D eigenvalue weighted by molar-refractivity contribution is 7.98. The summed E-state index contributed by atoms with van der Waals surface area (Å²) in [6, 6.07) is 52.4. The van der Waals surface area contributed by atoms with E-state index in [9.17, 15) is 0 Å². The quantitative estimate of drug-likeness (QED) is 0.218. The minimum Gasteiger partial charge on any atom is -0.218 e. The third-order valence-corrected chi connectivity index (χ3v) is 17.8. The summed E-state index contributed by atoms with van der Waals surface area (Å²) in [6.07, 6.45) is 9.79. The molecule has 0 aliphatic carbocycles. The molecule has 1 aliphatic rings. The molecule has 6 aromatic rings. The lowest BCUT2D eigenvalue weighted by molar-refractivity contribution is 0.600. The number of benzene rings is 6. The molecule has 0 bridgehead atoms. The molecule has 0 amide bonds. The summed E-state index contributed by atoms with van der Waals surface area (Å²) in [5, 5.41) is 5.69. The Morgan fingerprint density at radius 2 is 0.651 bits per heavy atom. The number of sulfone groups is 1. The van der Waals surface area contributed by atoms with E-state index in [4.69, 9.17) is 12.6 Å². The highest BCUT2D eigenvalue weighted by Crippen LogP contribution is 2.53. The Labute approximate surface area is 254 Å². The van der Waals surface area contributed by atoms with E-state index in [1.54, 1.807) is 0 Å². The molecule has 0 atom stereocenters. The summed E-state index contributed by atoms with van der Waals surface area (Å²) in [4.78, 5) is 0.752. The summed E-state index contributed by atoms with van der Waals surface area (Å²) < 4.78 is 30.2. The molecule has 2 nitrogen and oxygen atoms in total. The van der Waals surface area contributed by atoms with Crippen LogP contribution in [0.4, 0.5) is 0 Å². The van der Waals surface area contributed by atoms with Gasteiger partial charge in [0.05, 0.1) is 9.79 Å². The summed E-state index contributed by atoms with van der Waals surface area (Å²) in [6.45, 7) is -5.17. The molecular formula is C38H30O2P2S. The van der Waals surface area contributed by atoms with Crippen LogP contribution in [0.25, 0.3) is 11.1 Å². The topological polar surface area (TPSA) is 34.1 Å². The maximum absolute atomic E-state index is 15.1. The zero-order valence-electron chi connectivity index (χ0n) is 23.5. The predicted molar refractivity (Wildman–Crippen MR) is 189 cm³/mol. The zero-order valence-corrected chi connectivity index (χ0v) is 26.1. The van der Waals surface area contributed by atoms with Gasteiger partial charge in [-0.25, -0.2) is 8.42 Å². The Hall–Kier alpha value is -4.13. The van der Waals surface area contributed by atoms with E-state index >= 15 is 8.42 Å². The fourth-order valence-corrected chi connectivity index (χ4v) is 15.9. The number of hydrogen-bond acceptors (Lipinski definition) is 2. The van der Waals surface area contributed by atoms with Crippen LogP contribution in [-0.2, 0) is 9.84 Å². The molecule has 1 heterocycles. The van der Waals surface area contributed by atoms with Crippen LogP contribution in [0.2, 0.25) is 0 Å². The first kappa shape index (κ1) is 27.7. The Bertz CT molecular complexity index is 1940. The summed E-state index contributed by atoms with van der Waals surface area (Å²) in [5.74, 6) is 0. The molecule has 0 radical (unpaired) electrons. The van der Waals surface area contributed by atoms with Gasteiger partial charge in [-0.3, -0.25) is 0 Å². The SMILES string of the molecule is C=P(c1ccccc1)(c1ccccc1)c1cccc2c1S(=O)(=O)c1c-2cccc1P(=C)(c1ccccc1)c1ccccc1. The Kier molecular flexibility index (Phi) is 6.79. The number of hydrogen-bond donors (Lipinski definition) is 0. The van der Waals surface area contributed by atoms with E-state index in [2.05, 4.69) is 48.5 Å². The lowest BCUT2D eigenvalue weighted by Gasteiger charge is -2.29. The van der Waals surface area contributed by atoms with E-state index in [1.165, 1.54) is 0 Å². The first-order valence-electron chi connectivity index (χ1n) is 14.1. The molecule has 0 saturated heterocycles. The summed E-state index contributed by atoms with van der Waals surface area (Å²) in [7, 11) is -3.95. The molecule has 1 aliphatic heterocycles. The second kappa shape index (κ2) is 10.5. The van der Waals surface area contributed by atoms with Crippen LogP contribution in [0.3, 0.4) is 0 Å². The average Bonchev–Trinajstić information content (AvgIpc) is 3.32. The minimum atomic E-state index is -3.95. The predicted octanol–water partition coefficient (Wildman–Crippen LogP) is 5.95. The Morgan fingerprint density at radius 3 is 0.930 bits per heavy atom. The molecule has 0 saturated carbocycles. The van der Waals surface area contributed by atoms with Gasteiger partial charge in [-0.1, -0.05) is 170 Å². The molecule has 0 N–H and O–H groups in total. The van der Waals surface area contributed by atoms with Gasteiger partial charge in [-0.05, 0) is 35.0 Å². The molecule has 43 heavy (non-hydrogen) atoms. The van der Waals surface area contributed by atoms with E-state index in [0.29, 0.717) is 9.79 Å². The van der Waals surface area contributed by atoms with Crippen molar-refractivity contribution in [3.8, 4) is 11.1 Å². The van der Waals surface area contributed by atoms with Gasteiger partial charge in [0.1, 0.15) is 0 Å². The third kappa shape index (κ3) is 4.19. The molecule has 7 rings (SSSR count). The van der Waals surface area contributed by atoms with Gasteiger partial charge < -0.3 is 0 Å². The van der Waals surface area contributed by atoms with Crippen molar-refractivity contribution in [3.05, 3.63) is 158 Å². The zero-order chi connectivity index (χ0) is 29.7. The first-order chi connectivity index (χ1) is 20.9. The largest absolute Gasteiger partial charge is 0.218 e. The van der Waals surface area contributed by atoms with Gasteiger partial charge in [-0.15, -0.1) is 0 Å². The molecule has 5 heteroatoms. The molecule has 0 fully saturated rings. The second-order valence-electron chi connectivity index (χ2n) is 10.8. The van der Waals surface area contributed by atoms with Crippen LogP contribution in [0.15, 0.2) is 168 Å². The molecular weight excluding hydrogens is 582 g/mol. The Balaban J connectivity index is 1.55. The van der Waals surface area contributed by atoms with Crippen molar-refractivity contribution in [1.82, 2.24) is 0 Å². The van der Waals surface area contributed by atoms with Crippen molar-refractivity contribution in [3.63, 3.8) is 0 Å². The minimum absolute atomic E-state index is 0.376. The van der Waals surface area contributed by atoms with Crippen LogP contribution in [0.1, 0.15) is 0 Å². The van der Waals surface area contributed by atoms with Crippen molar-refractivity contribution in [1.29, 1.82) is 0 Å². The number of fused-ring (bicyclic) bond motifs is 3. The van der Waals surface area contributed by atoms with Gasteiger partial charge in [0.25, 0.3) is 0 Å². The first-order valence-corrected chi connectivity index (χ1v) is 19.5. The summed E-state index contributed by atoms with van der Waals surface area (Å²) in [5.41, 5.74) is 1.48. The van der Waals surface area contributed by atoms with E-state index < -0.39 is 23.6 Å². The number of rotatable bonds is 6. The highest BCUT2D eigenvalue weighted by atomic mass is 32.2. The average molecular weight is 613 g/mol. The van der Waals surface area contributed by atoms with E-state index in [-0.39, 0.29) is 0 Å². The van der Waals surface area contributed by atoms with Crippen LogP contribution < -0.4 is 31.8 Å². The monoisotopic (exact) mass is 612 g/mol. The fraction of sp³-hybridized carbons (Fsp3) is 0. The molecule has 210 valence electrons. The van der Waals surface area contributed by atoms with E-state index in [1.807, 2.05) is 109 Å². The van der Waals surface area contributed by atoms with Crippen LogP contribution >= 0.6 is 13.8 Å². The van der Waals surface area contributed by atoms with Crippen molar-refractivity contribution >= 4 is 68.0 Å². The van der Waals surface area contributed by atoms with Crippen LogP contribution in [0, 0.1) is 0 Å². The molecule has 6 aromatic carbocycles. The van der Waals surface area contributed by atoms with Crippen LogP contribution in [-0.4, -0.2) is 21.0 Å². The van der Waals surface area contributed by atoms with Crippen molar-refractivity contribution in [2.75, 3.05) is 0 Å². The molecule has 0 spiro atoms. The van der Waals surface area contributed by atoms with E-state index in [0.717, 1.165) is 43.0 Å². The molecule has 0 unspecified atom stereocenters. The smallest absolute Gasteiger partial charge is 0.209 e. The van der Waals surface area contributed by atoms with Crippen LogP contribution in [0.5, 0.6) is 0 Å². The van der Waals surface area contributed by atoms with Crippen molar-refractivity contribution in [2.24, 2.45) is 0 Å². The van der Waals surface area contributed by atoms with Gasteiger partial charge in [0.15, 0.2) is 0 Å². The van der Waals surface area contributed by atoms with Gasteiger partial charge >= 0.3 is 0 Å². The normalized spacial score (nSPS) is 13.7. The lowest BCUT2D eigenvalue weighted by Crippen LogP contribution is -2.30. The second-order valence-corrected chi connectivity index (χ2v) is 18.9. The maximum atomic E-state index is 15.1.